The van der Waals surface area contributed by atoms with Crippen LogP contribution in [0.3, 0.4) is 0 Å². The van der Waals surface area contributed by atoms with Crippen LogP contribution >= 0.6 is 0 Å². The van der Waals surface area contributed by atoms with Crippen molar-refractivity contribution in [2.24, 2.45) is 0 Å². The van der Waals surface area contributed by atoms with Crippen molar-refractivity contribution in [2.75, 3.05) is 6.54 Å². The van der Waals surface area contributed by atoms with E-state index in [1.54, 1.807) is 0 Å². The van der Waals surface area contributed by atoms with Gasteiger partial charge in [0.15, 0.2) is 0 Å². The van der Waals surface area contributed by atoms with Crippen LogP contribution in [0.1, 0.15) is 51.1 Å². The van der Waals surface area contributed by atoms with Crippen LogP contribution < -0.4 is 10.6 Å². The van der Waals surface area contributed by atoms with Crippen molar-refractivity contribution in [2.45, 2.75) is 40.7 Å². The third-order valence-corrected chi connectivity index (χ3v) is 4.17. The summed E-state index contributed by atoms with van der Waals surface area (Å²) in [6, 6.07) is 11.7. The Morgan fingerprint density at radius 2 is 1.56 bits per heavy atom. The number of hydrogen-bond acceptors (Lipinski definition) is 2. The summed E-state index contributed by atoms with van der Waals surface area (Å²) >= 11 is 0. The zero-order chi connectivity index (χ0) is 18.6. The molecule has 0 fully saturated rings. The number of hydrogen-bond donors (Lipinski definition) is 2. The molecule has 0 saturated heterocycles. The van der Waals surface area contributed by atoms with Gasteiger partial charge in [0.2, 0.25) is 5.91 Å². The summed E-state index contributed by atoms with van der Waals surface area (Å²) < 4.78 is 0. The van der Waals surface area contributed by atoms with Crippen LogP contribution in [0, 0.1) is 27.7 Å². The maximum Gasteiger partial charge on any atom is 0.251 e. The van der Waals surface area contributed by atoms with Gasteiger partial charge in [0, 0.05) is 5.56 Å². The molecule has 0 bridgehead atoms. The second-order valence-electron chi connectivity index (χ2n) is 6.71. The number of carbonyl (C=O) groups excluding carboxylic acids is 2. The Morgan fingerprint density at radius 1 is 0.920 bits per heavy atom. The molecule has 0 aliphatic carbocycles. The smallest absolute Gasteiger partial charge is 0.251 e. The number of carbonyl (C=O) groups is 2. The van der Waals surface area contributed by atoms with Gasteiger partial charge in [-0.2, -0.15) is 0 Å². The topological polar surface area (TPSA) is 58.2 Å². The van der Waals surface area contributed by atoms with Crippen molar-refractivity contribution in [3.05, 3.63) is 69.8 Å². The number of nitrogens with one attached hydrogen (secondary N) is 2. The average molecular weight is 338 g/mol. The van der Waals surface area contributed by atoms with Gasteiger partial charge >= 0.3 is 0 Å². The highest BCUT2D eigenvalue weighted by Gasteiger charge is 2.13. The summed E-state index contributed by atoms with van der Waals surface area (Å²) in [5.41, 5.74) is 6.01. The zero-order valence-electron chi connectivity index (χ0n) is 15.6. The minimum atomic E-state index is -0.235. The molecule has 2 N–H and O–H groups in total. The van der Waals surface area contributed by atoms with E-state index in [1.807, 2.05) is 52.8 Å². The number of aryl methyl sites for hydroxylation is 4. The number of amides is 2. The second kappa shape index (κ2) is 7.97. The van der Waals surface area contributed by atoms with Crippen LogP contribution in [0.15, 0.2) is 36.4 Å². The molecule has 0 aromatic heterocycles. The number of rotatable bonds is 5. The van der Waals surface area contributed by atoms with E-state index in [4.69, 9.17) is 0 Å². The second-order valence-corrected chi connectivity index (χ2v) is 6.71. The van der Waals surface area contributed by atoms with Gasteiger partial charge in [-0.25, -0.2) is 0 Å². The van der Waals surface area contributed by atoms with E-state index in [0.717, 1.165) is 27.8 Å². The Labute approximate surface area is 149 Å². The average Bonchev–Trinajstić information content (AvgIpc) is 2.53. The van der Waals surface area contributed by atoms with Crippen LogP contribution in [0.25, 0.3) is 0 Å². The Kier molecular flexibility index (Phi) is 5.97. The van der Waals surface area contributed by atoms with Gasteiger partial charge in [0.25, 0.3) is 5.91 Å². The molecule has 2 amide bonds. The highest BCUT2D eigenvalue weighted by atomic mass is 16.2. The van der Waals surface area contributed by atoms with E-state index >= 15 is 0 Å². The van der Waals surface area contributed by atoms with Gasteiger partial charge in [-0.15, -0.1) is 0 Å². The maximum atomic E-state index is 12.2. The van der Waals surface area contributed by atoms with Crippen molar-refractivity contribution < 1.29 is 9.59 Å². The van der Waals surface area contributed by atoms with Crippen LogP contribution in [0.4, 0.5) is 0 Å². The van der Waals surface area contributed by atoms with E-state index in [9.17, 15) is 9.59 Å². The Bertz CT molecular complexity index is 776. The first-order valence-electron chi connectivity index (χ1n) is 8.49. The van der Waals surface area contributed by atoms with Crippen LogP contribution in [-0.2, 0) is 4.79 Å². The Hall–Kier alpha value is -2.62. The van der Waals surface area contributed by atoms with Crippen LogP contribution in [-0.4, -0.2) is 18.4 Å². The molecule has 1 atom stereocenters. The maximum absolute atomic E-state index is 12.2. The first-order chi connectivity index (χ1) is 11.8. The van der Waals surface area contributed by atoms with Crippen molar-refractivity contribution in [3.8, 4) is 0 Å². The van der Waals surface area contributed by atoms with Crippen molar-refractivity contribution in [1.82, 2.24) is 10.6 Å². The standard InChI is InChI=1S/C21H26N2O2/c1-13-6-7-16(4)19(11-13)17(5)23-20(24)12-22-21(25)18-9-14(2)8-15(3)10-18/h6-11,17H,12H2,1-5H3,(H,22,25)(H,23,24). The molecule has 2 rings (SSSR count). The van der Waals surface area contributed by atoms with E-state index in [0.29, 0.717) is 5.56 Å². The molecule has 2 aromatic rings. The summed E-state index contributed by atoms with van der Waals surface area (Å²) in [4.78, 5) is 24.4. The molecule has 0 aliphatic heterocycles. The molecule has 1 unspecified atom stereocenters. The SMILES string of the molecule is Cc1cc(C)cc(C(=O)NCC(=O)NC(C)c2cc(C)ccc2C)c1. The molecule has 4 nitrogen and oxygen atoms in total. The number of benzene rings is 2. The highest BCUT2D eigenvalue weighted by Crippen LogP contribution is 2.18. The van der Waals surface area contributed by atoms with E-state index in [1.165, 1.54) is 0 Å². The van der Waals surface area contributed by atoms with Gasteiger partial charge < -0.3 is 10.6 Å². The van der Waals surface area contributed by atoms with Crippen molar-refractivity contribution in [1.29, 1.82) is 0 Å². The Morgan fingerprint density at radius 3 is 2.20 bits per heavy atom. The normalized spacial score (nSPS) is 11.7. The fourth-order valence-corrected chi connectivity index (χ4v) is 2.97. The molecule has 132 valence electrons. The summed E-state index contributed by atoms with van der Waals surface area (Å²) in [5.74, 6) is -0.438. The van der Waals surface area contributed by atoms with Gasteiger partial charge in [0.1, 0.15) is 0 Å². The molecule has 0 radical (unpaired) electrons. The third-order valence-electron chi connectivity index (χ3n) is 4.17. The van der Waals surface area contributed by atoms with Gasteiger partial charge in [0.05, 0.1) is 12.6 Å². The lowest BCUT2D eigenvalue weighted by atomic mass is 10.00. The molecule has 0 heterocycles. The molecule has 25 heavy (non-hydrogen) atoms. The lowest BCUT2D eigenvalue weighted by Crippen LogP contribution is -2.38. The molecule has 4 heteroatoms. The van der Waals surface area contributed by atoms with Gasteiger partial charge in [-0.3, -0.25) is 9.59 Å². The molecule has 2 aromatic carbocycles. The molecule has 0 spiro atoms. The van der Waals surface area contributed by atoms with Crippen molar-refractivity contribution in [3.63, 3.8) is 0 Å². The minimum absolute atomic E-state index is 0.0406. The van der Waals surface area contributed by atoms with E-state index < -0.39 is 0 Å². The molecule has 0 aliphatic rings. The largest absolute Gasteiger partial charge is 0.348 e. The fraction of sp³-hybridized carbons (Fsp3) is 0.333. The molecular weight excluding hydrogens is 312 g/mol. The van der Waals surface area contributed by atoms with Crippen molar-refractivity contribution >= 4 is 11.8 Å². The predicted octanol–water partition coefficient (Wildman–Crippen LogP) is 3.53. The van der Waals surface area contributed by atoms with Gasteiger partial charge in [-0.05, 0) is 57.9 Å². The lowest BCUT2D eigenvalue weighted by Gasteiger charge is -2.17. The highest BCUT2D eigenvalue weighted by molar-refractivity contribution is 5.96. The predicted molar refractivity (Wildman–Crippen MR) is 101 cm³/mol. The summed E-state index contributed by atoms with van der Waals surface area (Å²) in [5, 5.41) is 5.63. The van der Waals surface area contributed by atoms with Gasteiger partial charge in [-0.1, -0.05) is 41.0 Å². The van der Waals surface area contributed by atoms with E-state index in [2.05, 4.69) is 28.8 Å². The first-order valence-corrected chi connectivity index (χ1v) is 8.49. The zero-order valence-corrected chi connectivity index (χ0v) is 15.6. The summed E-state index contributed by atoms with van der Waals surface area (Å²) in [6.45, 7) is 9.86. The quantitative estimate of drug-likeness (QED) is 0.876. The van der Waals surface area contributed by atoms with Crippen LogP contribution in [0.2, 0.25) is 0 Å². The molecule has 0 saturated carbocycles. The lowest BCUT2D eigenvalue weighted by molar-refractivity contribution is -0.120. The summed E-state index contributed by atoms with van der Waals surface area (Å²) in [6.07, 6.45) is 0. The third kappa shape index (κ3) is 5.18. The fourth-order valence-electron chi connectivity index (χ4n) is 2.97. The van der Waals surface area contributed by atoms with E-state index in [-0.39, 0.29) is 24.4 Å². The Balaban J connectivity index is 1.93. The van der Waals surface area contributed by atoms with Crippen LogP contribution in [0.5, 0.6) is 0 Å². The first kappa shape index (κ1) is 18.7. The molecular formula is C21H26N2O2. The minimum Gasteiger partial charge on any atom is -0.348 e. The monoisotopic (exact) mass is 338 g/mol. The summed E-state index contributed by atoms with van der Waals surface area (Å²) in [7, 11) is 0.